The maximum Gasteiger partial charge on any atom is 0.305 e. The summed E-state index contributed by atoms with van der Waals surface area (Å²) in [6.45, 7) is 6.58. The molecule has 5 atom stereocenters. The van der Waals surface area contributed by atoms with Crippen molar-refractivity contribution in [2.24, 2.45) is 11.8 Å². The van der Waals surface area contributed by atoms with E-state index in [0.717, 1.165) is 9.79 Å². The Bertz CT molecular complexity index is 726. The molecule has 1 fully saturated rings. The normalized spacial score (nSPS) is 26.4. The minimum absolute atomic E-state index is 0.0259. The molecule has 1 aromatic carbocycles. The Morgan fingerprint density at radius 3 is 2.34 bits per heavy atom. The number of thioether (sulfide) groups is 1. The molecule has 0 saturated carbocycles. The molecule has 9 heteroatoms. The van der Waals surface area contributed by atoms with Gasteiger partial charge in [0, 0.05) is 23.6 Å². The van der Waals surface area contributed by atoms with Gasteiger partial charge < -0.3 is 19.5 Å². The van der Waals surface area contributed by atoms with Crippen LogP contribution in [0.4, 0.5) is 0 Å². The molecule has 29 heavy (non-hydrogen) atoms. The second-order valence-corrected chi connectivity index (χ2v) is 8.61. The van der Waals surface area contributed by atoms with Gasteiger partial charge in [-0.1, -0.05) is 13.8 Å². The summed E-state index contributed by atoms with van der Waals surface area (Å²) in [7, 11) is 0. The van der Waals surface area contributed by atoms with Gasteiger partial charge in [-0.05, 0) is 36.1 Å². The number of nitrogens with one attached hydrogen (secondary N) is 1. The molecule has 2 unspecified atom stereocenters. The van der Waals surface area contributed by atoms with Crippen molar-refractivity contribution in [2.75, 3.05) is 12.4 Å². The Labute approximate surface area is 180 Å². The topological polar surface area (TPSA) is 90.9 Å². The minimum Gasteiger partial charge on any atom is -0.463 e. The number of ether oxygens (including phenoxy) is 3. The minimum atomic E-state index is -0.948. The van der Waals surface area contributed by atoms with Crippen molar-refractivity contribution in [3.8, 4) is 0 Å². The molecule has 0 spiro atoms. The van der Waals surface area contributed by atoms with Crippen LogP contribution in [-0.4, -0.2) is 48.6 Å². The van der Waals surface area contributed by atoms with Crippen molar-refractivity contribution < 1.29 is 28.6 Å². The molecule has 0 aromatic heterocycles. The lowest BCUT2D eigenvalue weighted by Crippen LogP contribution is -2.59. The fourth-order valence-electron chi connectivity index (χ4n) is 3.07. The molecule has 1 aromatic rings. The van der Waals surface area contributed by atoms with E-state index in [9.17, 15) is 14.4 Å². The number of esters is 2. The van der Waals surface area contributed by atoms with Crippen LogP contribution in [0.5, 0.6) is 0 Å². The molecule has 1 N–H and O–H groups in total. The van der Waals surface area contributed by atoms with Crippen LogP contribution in [0.1, 0.15) is 27.7 Å². The van der Waals surface area contributed by atoms with Gasteiger partial charge in [-0.25, -0.2) is 0 Å². The smallest absolute Gasteiger partial charge is 0.305 e. The summed E-state index contributed by atoms with van der Waals surface area (Å²) >= 11 is 5.65. The quantitative estimate of drug-likeness (QED) is 0.382. The molecule has 1 amide bonds. The molecule has 1 heterocycles. The first-order chi connectivity index (χ1) is 13.7. The molecule has 160 valence electrons. The highest BCUT2D eigenvalue weighted by molar-refractivity contribution is 8.00. The van der Waals surface area contributed by atoms with Crippen LogP contribution in [0.15, 0.2) is 34.1 Å². The monoisotopic (exact) mass is 441 g/mol. The molecule has 1 saturated heterocycles. The Hall–Kier alpha value is -1.71. The van der Waals surface area contributed by atoms with Gasteiger partial charge in [-0.2, -0.15) is 0 Å². The Kier molecular flexibility index (Phi) is 8.85. The fourth-order valence-corrected chi connectivity index (χ4v) is 3.93. The van der Waals surface area contributed by atoms with Gasteiger partial charge in [0.2, 0.25) is 12.2 Å². The third-order valence-corrected chi connectivity index (χ3v) is 6.16. The van der Waals surface area contributed by atoms with E-state index in [4.69, 9.17) is 14.2 Å². The SMILES string of the molecule is CC(=O)OCC1O[C@@H](OC(C)=O)C(NC(=O)CSc2ccc(S)cc2)[C@@H](C)[C@@H]1C. The fraction of sp³-hybridized carbons (Fsp3) is 0.550. The first kappa shape index (κ1) is 23.6. The Morgan fingerprint density at radius 2 is 1.76 bits per heavy atom. The number of thiol groups is 1. The summed E-state index contributed by atoms with van der Waals surface area (Å²) in [6.07, 6.45) is -1.38. The highest BCUT2D eigenvalue weighted by atomic mass is 32.2. The van der Waals surface area contributed by atoms with Crippen LogP contribution in [0.3, 0.4) is 0 Å². The van der Waals surface area contributed by atoms with Crippen molar-refractivity contribution in [1.82, 2.24) is 5.32 Å². The van der Waals surface area contributed by atoms with Crippen molar-refractivity contribution in [3.05, 3.63) is 24.3 Å². The zero-order valence-electron chi connectivity index (χ0n) is 16.9. The standard InChI is InChI=1S/C20H27NO6S2/c1-11-12(2)19(20(26-14(4)23)27-17(11)9-25-13(3)22)21-18(24)10-29-16-7-5-15(28)6-8-16/h5-8,11-12,17,19-20,28H,9-10H2,1-4H3,(H,21,24)/t11-,12-,17?,19?,20+/m0/s1. The van der Waals surface area contributed by atoms with Gasteiger partial charge in [0.1, 0.15) is 6.61 Å². The first-order valence-electron chi connectivity index (χ1n) is 9.34. The average molecular weight is 442 g/mol. The van der Waals surface area contributed by atoms with E-state index in [1.807, 2.05) is 38.1 Å². The summed E-state index contributed by atoms with van der Waals surface area (Å²) in [4.78, 5) is 37.0. The van der Waals surface area contributed by atoms with Crippen LogP contribution < -0.4 is 5.32 Å². The van der Waals surface area contributed by atoms with Gasteiger partial charge in [0.25, 0.3) is 0 Å². The second kappa shape index (κ2) is 10.9. The maximum atomic E-state index is 12.5. The van der Waals surface area contributed by atoms with E-state index in [-0.39, 0.29) is 30.1 Å². The van der Waals surface area contributed by atoms with Crippen molar-refractivity contribution in [3.63, 3.8) is 0 Å². The van der Waals surface area contributed by atoms with Gasteiger partial charge in [-0.3, -0.25) is 14.4 Å². The molecule has 1 aliphatic rings. The Morgan fingerprint density at radius 1 is 1.10 bits per heavy atom. The van der Waals surface area contributed by atoms with Gasteiger partial charge in [0.15, 0.2) is 0 Å². The summed E-state index contributed by atoms with van der Waals surface area (Å²) in [5.41, 5.74) is 0. The predicted molar refractivity (Wildman–Crippen MR) is 112 cm³/mol. The lowest BCUT2D eigenvalue weighted by molar-refractivity contribution is -0.238. The van der Waals surface area contributed by atoms with Crippen molar-refractivity contribution >= 4 is 42.2 Å². The first-order valence-corrected chi connectivity index (χ1v) is 10.8. The molecule has 0 aliphatic carbocycles. The third-order valence-electron chi connectivity index (χ3n) is 4.85. The van der Waals surface area contributed by atoms with Crippen LogP contribution in [0.25, 0.3) is 0 Å². The summed E-state index contributed by atoms with van der Waals surface area (Å²) in [5.74, 6) is -0.978. The molecule has 7 nitrogen and oxygen atoms in total. The zero-order chi connectivity index (χ0) is 21.6. The Balaban J connectivity index is 2.01. The summed E-state index contributed by atoms with van der Waals surface area (Å²) in [5, 5.41) is 2.94. The summed E-state index contributed by atoms with van der Waals surface area (Å²) in [6, 6.07) is 7.02. The van der Waals surface area contributed by atoms with Crippen LogP contribution in [-0.2, 0) is 28.6 Å². The molecular formula is C20H27NO6S2. The van der Waals surface area contributed by atoms with Crippen LogP contribution >= 0.6 is 24.4 Å². The highest BCUT2D eigenvalue weighted by Gasteiger charge is 2.44. The molecular weight excluding hydrogens is 414 g/mol. The number of benzene rings is 1. The predicted octanol–water partition coefficient (Wildman–Crippen LogP) is 2.68. The molecule has 1 aliphatic heterocycles. The van der Waals surface area contributed by atoms with E-state index in [0.29, 0.717) is 0 Å². The number of rotatable bonds is 7. The number of carbonyl (C=O) groups is 3. The maximum absolute atomic E-state index is 12.5. The molecule has 0 bridgehead atoms. The summed E-state index contributed by atoms with van der Waals surface area (Å²) < 4.78 is 16.2. The van der Waals surface area contributed by atoms with Crippen molar-refractivity contribution in [2.45, 2.75) is 55.9 Å². The molecule has 2 rings (SSSR count). The van der Waals surface area contributed by atoms with Gasteiger partial charge in [-0.15, -0.1) is 24.4 Å². The van der Waals surface area contributed by atoms with E-state index >= 15 is 0 Å². The average Bonchev–Trinajstić information content (AvgIpc) is 2.65. The van der Waals surface area contributed by atoms with E-state index in [1.54, 1.807) is 0 Å². The van der Waals surface area contributed by atoms with Crippen LogP contribution in [0.2, 0.25) is 0 Å². The number of carbonyl (C=O) groups excluding carboxylic acids is 3. The van der Waals surface area contributed by atoms with Gasteiger partial charge >= 0.3 is 11.9 Å². The number of amides is 1. The largest absolute Gasteiger partial charge is 0.463 e. The lowest BCUT2D eigenvalue weighted by Gasteiger charge is -2.43. The molecule has 0 radical (unpaired) electrons. The third kappa shape index (κ3) is 7.24. The lowest BCUT2D eigenvalue weighted by atomic mass is 9.82. The van der Waals surface area contributed by atoms with E-state index in [2.05, 4.69) is 17.9 Å². The zero-order valence-corrected chi connectivity index (χ0v) is 18.6. The second-order valence-electron chi connectivity index (χ2n) is 7.05. The van der Waals surface area contributed by atoms with Crippen molar-refractivity contribution in [1.29, 1.82) is 0 Å². The van der Waals surface area contributed by atoms with E-state index in [1.165, 1.54) is 25.6 Å². The van der Waals surface area contributed by atoms with Gasteiger partial charge in [0.05, 0.1) is 17.9 Å². The van der Waals surface area contributed by atoms with E-state index < -0.39 is 30.4 Å². The van der Waals surface area contributed by atoms with Crippen LogP contribution in [0, 0.1) is 11.8 Å². The number of hydrogen-bond donors (Lipinski definition) is 2. The highest BCUT2D eigenvalue weighted by Crippen LogP contribution is 2.32. The number of hydrogen-bond acceptors (Lipinski definition) is 8.